The fourth-order valence-electron chi connectivity index (χ4n) is 8.75. The number of phenolic OH excluding ortho intramolecular Hbond substituents is 10. The van der Waals surface area contributed by atoms with Crippen LogP contribution < -0.4 is 115 Å². The van der Waals surface area contributed by atoms with Crippen LogP contribution in [-0.2, 0) is 42.2 Å². The summed E-state index contributed by atoms with van der Waals surface area (Å²) in [6, 6.07) is 23.6. The zero-order valence-corrected chi connectivity index (χ0v) is 76.0. The standard InChI is InChI=1S/C10H9NO3.C10H10O4.C9H9ClO3.3C9H10O4.2C8H8O4.C2H8O4S.CH2BrCl.CN.2CH4.Al.Cl2OS.Li.Na.4H/c1-11-5-7-3-8(12-2)10-9(4-7)13-6-14-10;1-6(11)7-3-8(12-2)10-9(4-7)13-5-14-10;2*1-11-7-2-6(4-10)3-8-9(7)13-5-12-8;2*1-5(10)6-3-7(11)9(12)8(4-6)13-2;2*1-4(9)5-2-6(10)8(12)7(11)3-5;1-7(2,4,5)6-3;2-1-3;1-2;;;;1-4(2)3;;;;;;/h3-4H,5-6H2,2H3;3-4H,5H2,1-2H3;2-3H,4-5H2,1H3;2-3,10H,4-5H2,1H3;2*3-4,11-12H,1-2H3;2*2-3,10-12H,1H3;3H,1-2H3,(H,4,5);1H2;;2*1H4;;;;;;;;/q;;;;;;;;;;-1;;;;;2*+1;;;;-1. The molecule has 0 saturated heterocycles. The second kappa shape index (κ2) is 61.5. The van der Waals surface area contributed by atoms with Crippen LogP contribution in [0.5, 0.6) is 138 Å². The molecule has 37 nitrogen and oxygen atoms in total. The molecule has 0 spiro atoms. The molecule has 0 unspecified atom stereocenters. The second-order valence-electron chi connectivity index (χ2n) is 23.2. The molecular formula is C78H96AlBrCl4LiN2NaO35S2. The minimum Gasteiger partial charge on any atom is -1.00 e. The van der Waals surface area contributed by atoms with Gasteiger partial charge in [0.25, 0.3) is 0 Å². The van der Waals surface area contributed by atoms with Crippen LogP contribution >= 0.6 is 60.5 Å². The van der Waals surface area contributed by atoms with Crippen LogP contribution in [0.2, 0.25) is 0 Å². The molecule has 0 aliphatic carbocycles. The smallest absolute Gasteiger partial charge is 1.00 e. The normalized spacial score (nSPS) is 10.9. The molecule has 680 valence electrons. The Hall–Kier alpha value is -9.80. The number of alkyl halides is 3. The quantitative estimate of drug-likeness (QED) is 0.00674. The van der Waals surface area contributed by atoms with Gasteiger partial charge in [-0.15, -0.1) is 27.5 Å². The number of benzene rings is 8. The van der Waals surface area contributed by atoms with E-state index in [0.717, 1.165) is 53.5 Å². The Bertz CT molecular complexity index is 4760. The van der Waals surface area contributed by atoms with Crippen molar-refractivity contribution >= 4 is 126 Å². The Morgan fingerprint density at radius 1 is 0.456 bits per heavy atom. The van der Waals surface area contributed by atoms with Gasteiger partial charge in [0.2, 0.25) is 77.4 Å². The van der Waals surface area contributed by atoms with Gasteiger partial charge in [0, 0.05) is 73.1 Å². The Morgan fingerprint density at radius 2 is 0.664 bits per heavy atom. The second-order valence-corrected chi connectivity index (χ2v) is 31.0. The number of phenols is 10. The molecule has 125 heavy (non-hydrogen) atoms. The van der Waals surface area contributed by atoms with Crippen LogP contribution in [0.25, 0.3) is 4.85 Å². The summed E-state index contributed by atoms with van der Waals surface area (Å²) in [5, 5.41) is 113. The van der Waals surface area contributed by atoms with Gasteiger partial charge in [-0.25, -0.2) is 20.2 Å². The van der Waals surface area contributed by atoms with Crippen molar-refractivity contribution in [2.75, 3.05) is 87.1 Å². The monoisotopic (exact) mass is 1960 g/mol. The van der Waals surface area contributed by atoms with E-state index < -0.39 is 53.4 Å². The molecule has 4 aliphatic rings. The molecule has 4 heterocycles. The first-order valence-electron chi connectivity index (χ1n) is 32.8. The van der Waals surface area contributed by atoms with Gasteiger partial charge in [-0.1, -0.05) is 30.8 Å². The summed E-state index contributed by atoms with van der Waals surface area (Å²) < 4.78 is 103. The van der Waals surface area contributed by atoms with Gasteiger partial charge in [0.05, 0.1) is 54.1 Å². The third-order valence-corrected chi connectivity index (χ3v) is 15.1. The summed E-state index contributed by atoms with van der Waals surface area (Å²) in [7, 11) is 12.2. The van der Waals surface area contributed by atoms with E-state index >= 15 is 0 Å². The minimum absolute atomic E-state index is 0. The molecule has 4 aliphatic heterocycles. The molecule has 0 bridgehead atoms. The topological polar surface area (TPSA) is 549 Å². The number of Topliss-reactive ketones (excluding diaryl/α,β-unsaturated/α-hetero) is 5. The zero-order chi connectivity index (χ0) is 91.7. The Morgan fingerprint density at radius 3 is 0.904 bits per heavy atom. The van der Waals surface area contributed by atoms with Crippen molar-refractivity contribution in [2.24, 2.45) is 0 Å². The van der Waals surface area contributed by atoms with Gasteiger partial charge in [-0.3, -0.25) is 24.0 Å². The Labute approximate surface area is 796 Å². The number of aromatic hydroxyl groups is 10. The van der Waals surface area contributed by atoms with Crippen molar-refractivity contribution < 1.29 is 219 Å². The molecule has 0 aromatic heterocycles. The summed E-state index contributed by atoms with van der Waals surface area (Å²) in [5.74, 6) is 2.40. The number of hydrogen-bond donors (Lipinski definition) is 13. The molecule has 0 radical (unpaired) electrons. The molecule has 8 aromatic carbocycles. The number of methoxy groups -OCH3 is 6. The summed E-state index contributed by atoms with van der Waals surface area (Å²) in [6.45, 7) is 19.5. The molecule has 8 aromatic rings. The number of nitrogens with zero attached hydrogens (tertiary/aromatic N) is 2. The largest absolute Gasteiger partial charge is 1.00 e. The molecule has 0 atom stereocenters. The minimum atomic E-state index is -4.06. The number of fused-ring (bicyclic) bond motifs is 4. The molecule has 47 heteroatoms. The predicted molar refractivity (Wildman–Crippen MR) is 463 cm³/mol. The summed E-state index contributed by atoms with van der Waals surface area (Å²) >= 11 is 13.5. The van der Waals surface area contributed by atoms with Crippen molar-refractivity contribution in [1.82, 2.24) is 0 Å². The Kier molecular flexibility index (Phi) is 60.9. The number of aliphatic hydroxyl groups is 1. The Balaban J connectivity index is -0.000000317. The maximum absolute atomic E-state index is 11.2. The average molecular weight is 1960 g/mol. The van der Waals surface area contributed by atoms with E-state index in [-0.39, 0.29) is 190 Å². The van der Waals surface area contributed by atoms with Crippen LogP contribution in [0.1, 0.15) is 119 Å². The first-order chi connectivity index (χ1) is 56.4. The first kappa shape index (κ1) is 124. The molecule has 0 fully saturated rings. The third-order valence-electron chi connectivity index (χ3n) is 14.3. The van der Waals surface area contributed by atoms with Gasteiger partial charge in [0.15, 0.2) is 150 Å². The number of rotatable bonds is 15. The number of ether oxygens (including phenoxy) is 14. The van der Waals surface area contributed by atoms with E-state index in [2.05, 4.69) is 46.5 Å². The van der Waals surface area contributed by atoms with Gasteiger partial charge in [-0.2, -0.15) is 0 Å². The van der Waals surface area contributed by atoms with Crippen LogP contribution in [0.4, 0.5) is 0 Å². The fraction of sp³-hybridized carbons (Fsp3) is 0.295. The van der Waals surface area contributed by atoms with Crippen molar-refractivity contribution in [3.8, 4) is 138 Å². The van der Waals surface area contributed by atoms with Crippen molar-refractivity contribution in [3.05, 3.63) is 160 Å². The maximum atomic E-state index is 11.2. The number of aliphatic hydroxyl groups excluding tert-OH is 1. The van der Waals surface area contributed by atoms with Gasteiger partial charge in [-0.05, 0) is 143 Å². The average Bonchev–Trinajstić information content (AvgIpc) is 1.67. The summed E-state index contributed by atoms with van der Waals surface area (Å²) in [5.41, 5.74) is 4.06. The van der Waals surface area contributed by atoms with E-state index in [4.69, 9.17) is 158 Å². The van der Waals surface area contributed by atoms with Crippen molar-refractivity contribution in [2.45, 2.75) is 68.5 Å². The van der Waals surface area contributed by atoms with E-state index in [1.54, 1.807) is 51.7 Å². The molecule has 0 amide bonds. The number of carbonyl (C=O) groups excluding carboxylic acids is 5. The molecular weight excluding hydrogens is 1870 g/mol. The molecule has 12 rings (SSSR count). The third kappa shape index (κ3) is 41.9. The molecule has 13 N–H and O–H groups in total. The SMILES string of the molecule is C.C.CC(=O)c1cc(O)c(O)c(O)c1.CC(=O)c1cc(O)c(O)c(O)c1.COc1cc(C(C)=O)cc(O)c1O.COc1cc(C(C)=O)cc(O)c1O.COc1cc(C(C)=O)cc2c1OCO2.COc1cc(CCl)cc2c1OCO2.COc1cc(CO)cc2c1OCO2.CS(C)(=O)(O)OO.ClCBr.O=S(Cl)Cl.[AlH3].[C-]#N.[C-]#[N+]Cc1cc(OC)c2c(c1)OCO2.[H-].[Li+].[Na+]. The molecule has 0 saturated carbocycles. The van der Waals surface area contributed by atoms with Crippen LogP contribution in [0.3, 0.4) is 0 Å². The number of hydrogen-bond acceptors (Lipinski definition) is 35. The van der Waals surface area contributed by atoms with E-state index in [9.17, 15) is 48.6 Å². The van der Waals surface area contributed by atoms with Gasteiger partial charge in [0.1, 0.15) is 9.63 Å². The number of halogens is 5. The fourth-order valence-corrected chi connectivity index (χ4v) is 8.91. The van der Waals surface area contributed by atoms with Crippen molar-refractivity contribution in [3.63, 3.8) is 0 Å². The van der Waals surface area contributed by atoms with Gasteiger partial charge < -0.3 is 145 Å². The number of ketones is 5. The summed E-state index contributed by atoms with van der Waals surface area (Å²) in [4.78, 5) is 58.4. The summed E-state index contributed by atoms with van der Waals surface area (Å²) in [6.07, 6.45) is 1.80. The number of carbonyl (C=O) groups is 5. The maximum Gasteiger partial charge on any atom is 1.00 e. The predicted octanol–water partition coefficient (Wildman–Crippen LogP) is 8.05. The first-order valence-corrected chi connectivity index (χ1v) is 40.5. The van der Waals surface area contributed by atoms with Gasteiger partial charge >= 0.3 is 48.4 Å². The van der Waals surface area contributed by atoms with Crippen LogP contribution in [-0.4, -0.2) is 208 Å². The van der Waals surface area contributed by atoms with E-state index in [0.29, 0.717) is 103 Å². The van der Waals surface area contributed by atoms with Crippen LogP contribution in [0, 0.1) is 18.4 Å². The zero-order valence-electron chi connectivity index (χ0n) is 68.8. The van der Waals surface area contributed by atoms with E-state index in [1.807, 2.05) is 18.2 Å². The van der Waals surface area contributed by atoms with E-state index in [1.165, 1.54) is 80.2 Å². The van der Waals surface area contributed by atoms with Crippen molar-refractivity contribution in [1.29, 1.82) is 5.26 Å². The van der Waals surface area contributed by atoms with Crippen LogP contribution in [0.15, 0.2) is 97.1 Å².